The normalized spacial score (nSPS) is 25.9. The molecule has 0 aromatic carbocycles. The number of nitrogens with one attached hydrogen (secondary N) is 1. The number of halogens is 2. The molecule has 0 radical (unpaired) electrons. The monoisotopic (exact) mass is 595 g/mol. The van der Waals surface area contributed by atoms with E-state index in [1.165, 1.54) is 38.3 Å². The van der Waals surface area contributed by atoms with Crippen LogP contribution in [0.2, 0.25) is 0 Å². The lowest BCUT2D eigenvalue weighted by Crippen LogP contribution is -2.36. The van der Waals surface area contributed by atoms with Crippen molar-refractivity contribution in [2.45, 2.75) is 122 Å². The number of hydrogen-bond donors (Lipinski definition) is 1. The molecule has 43 heavy (non-hydrogen) atoms. The van der Waals surface area contributed by atoms with Crippen molar-refractivity contribution in [3.05, 3.63) is 35.3 Å². The van der Waals surface area contributed by atoms with Crippen molar-refractivity contribution in [3.63, 3.8) is 0 Å². The first-order valence-electron chi connectivity index (χ1n) is 16.6. The molecule has 3 saturated carbocycles. The van der Waals surface area contributed by atoms with Gasteiger partial charge in [-0.15, -0.1) is 0 Å². The molecule has 1 aliphatic heterocycles. The van der Waals surface area contributed by atoms with E-state index in [2.05, 4.69) is 40.2 Å². The van der Waals surface area contributed by atoms with Crippen LogP contribution < -0.4 is 15.0 Å². The van der Waals surface area contributed by atoms with E-state index in [0.29, 0.717) is 36.7 Å². The molecule has 9 heteroatoms. The summed E-state index contributed by atoms with van der Waals surface area (Å²) in [6.45, 7) is 6.36. The number of ether oxygens (including phenoxy) is 1. The number of amides is 1. The summed E-state index contributed by atoms with van der Waals surface area (Å²) >= 11 is 0. The lowest BCUT2D eigenvalue weighted by atomic mass is 9.71. The minimum atomic E-state index is -3.31. The Morgan fingerprint density at radius 1 is 1.02 bits per heavy atom. The summed E-state index contributed by atoms with van der Waals surface area (Å²) in [6.07, 6.45) is 17.7. The van der Waals surface area contributed by atoms with E-state index >= 15 is 8.78 Å². The van der Waals surface area contributed by atoms with Crippen molar-refractivity contribution in [1.29, 1.82) is 0 Å². The summed E-state index contributed by atoms with van der Waals surface area (Å²) in [5.41, 5.74) is 1.19. The summed E-state index contributed by atoms with van der Waals surface area (Å²) in [6, 6.07) is 2.08. The van der Waals surface area contributed by atoms with Crippen molar-refractivity contribution in [3.8, 4) is 5.88 Å². The predicted octanol–water partition coefficient (Wildman–Crippen LogP) is 7.85. The number of carbonyl (C=O) groups is 1. The molecule has 7 nitrogen and oxygen atoms in total. The summed E-state index contributed by atoms with van der Waals surface area (Å²) in [5.74, 6) is -1.46. The number of hydrogen-bond acceptors (Lipinski definition) is 6. The number of rotatable bonds is 7. The second-order valence-corrected chi connectivity index (χ2v) is 14.2. The Balaban J connectivity index is 1.27. The highest BCUT2D eigenvalue weighted by atomic mass is 19.3. The van der Waals surface area contributed by atoms with Gasteiger partial charge < -0.3 is 15.0 Å². The van der Waals surface area contributed by atoms with Crippen LogP contribution in [-0.4, -0.2) is 40.1 Å². The lowest BCUT2D eigenvalue weighted by molar-refractivity contribution is 0.0115. The zero-order chi connectivity index (χ0) is 30.2. The molecule has 3 heterocycles. The summed E-state index contributed by atoms with van der Waals surface area (Å²) in [4.78, 5) is 28.8. The second kappa shape index (κ2) is 12.3. The maximum Gasteiger partial charge on any atom is 0.287 e. The Morgan fingerprint density at radius 2 is 1.72 bits per heavy atom. The molecule has 1 amide bonds. The number of anilines is 2. The van der Waals surface area contributed by atoms with Crippen LogP contribution in [0.1, 0.15) is 126 Å². The number of fused-ring (bicyclic) bond motifs is 2. The van der Waals surface area contributed by atoms with Gasteiger partial charge in [0, 0.05) is 37.7 Å². The first-order chi connectivity index (χ1) is 20.6. The zero-order valence-corrected chi connectivity index (χ0v) is 26.0. The summed E-state index contributed by atoms with van der Waals surface area (Å²) < 4.78 is 36.4. The van der Waals surface area contributed by atoms with Crippen molar-refractivity contribution in [1.82, 2.24) is 20.3 Å². The highest BCUT2D eigenvalue weighted by Crippen LogP contribution is 2.51. The third kappa shape index (κ3) is 6.51. The van der Waals surface area contributed by atoms with Crippen molar-refractivity contribution in [2.75, 3.05) is 18.0 Å². The third-order valence-electron chi connectivity index (χ3n) is 10.3. The molecule has 1 N–H and O–H groups in total. The Morgan fingerprint density at radius 3 is 2.42 bits per heavy atom. The first-order valence-corrected chi connectivity index (χ1v) is 16.6. The molecule has 0 bridgehead atoms. The van der Waals surface area contributed by atoms with E-state index in [1.807, 2.05) is 4.90 Å². The van der Waals surface area contributed by atoms with Crippen molar-refractivity contribution < 1.29 is 18.3 Å². The van der Waals surface area contributed by atoms with Gasteiger partial charge >= 0.3 is 0 Å². The average Bonchev–Trinajstić information content (AvgIpc) is 3.28. The molecule has 3 atom stereocenters. The van der Waals surface area contributed by atoms with Crippen LogP contribution in [-0.2, 0) is 11.3 Å². The van der Waals surface area contributed by atoms with Crippen molar-refractivity contribution >= 4 is 17.5 Å². The van der Waals surface area contributed by atoms with Gasteiger partial charge in [0.2, 0.25) is 11.8 Å². The van der Waals surface area contributed by atoms with Gasteiger partial charge in [0.1, 0.15) is 11.8 Å². The molecular formula is C34H47F2N5O2. The Hall–Kier alpha value is -2.84. The standard InChI is InChI=1S/C34H47F2N5O2/c1-22-14-23(2)16-24(15-22)18-38-31(42)26-19-39-32(40-30(26)33(3,35)36)41-21-34(12-8-5-9-13-34)27-17-29(37-20-28(27)41)43-25-10-6-4-7-11-25/h17,19-20,22-25H,4-16,18,21H2,1-3H3,(H,38,42)/t22-,23+,24?. The Labute approximate surface area is 254 Å². The van der Waals surface area contributed by atoms with Crippen LogP contribution in [0.15, 0.2) is 18.5 Å². The van der Waals surface area contributed by atoms with Gasteiger partial charge in [-0.3, -0.25) is 4.79 Å². The minimum absolute atomic E-state index is 0.121. The quantitative estimate of drug-likeness (QED) is 0.351. The van der Waals surface area contributed by atoms with Crippen LogP contribution in [0.3, 0.4) is 0 Å². The molecule has 3 aliphatic carbocycles. The molecule has 1 unspecified atom stereocenters. The molecule has 0 saturated heterocycles. The maximum atomic E-state index is 15.0. The van der Waals surface area contributed by atoms with E-state index in [9.17, 15) is 4.79 Å². The van der Waals surface area contributed by atoms with E-state index in [-0.39, 0.29) is 23.0 Å². The molecule has 2 aromatic rings. The third-order valence-corrected chi connectivity index (χ3v) is 10.3. The fourth-order valence-corrected chi connectivity index (χ4v) is 8.41. The van der Waals surface area contributed by atoms with Gasteiger partial charge in [-0.2, -0.15) is 8.78 Å². The number of nitrogens with zero attached hydrogens (tertiary/aromatic N) is 4. The highest BCUT2D eigenvalue weighted by Gasteiger charge is 2.46. The largest absolute Gasteiger partial charge is 0.474 e. The molecular weight excluding hydrogens is 548 g/mol. The molecule has 2 aromatic heterocycles. The van der Waals surface area contributed by atoms with Crippen LogP contribution in [0, 0.1) is 17.8 Å². The predicted molar refractivity (Wildman–Crippen MR) is 163 cm³/mol. The van der Waals surface area contributed by atoms with E-state index in [0.717, 1.165) is 69.5 Å². The van der Waals surface area contributed by atoms with Crippen LogP contribution in [0.4, 0.5) is 20.4 Å². The second-order valence-electron chi connectivity index (χ2n) is 14.2. The Kier molecular flexibility index (Phi) is 8.62. The van der Waals surface area contributed by atoms with E-state index in [4.69, 9.17) is 4.74 Å². The van der Waals surface area contributed by atoms with Gasteiger partial charge in [0.15, 0.2) is 0 Å². The molecule has 234 valence electrons. The summed E-state index contributed by atoms with van der Waals surface area (Å²) in [7, 11) is 0. The number of carbonyl (C=O) groups excluding carboxylic acids is 1. The lowest BCUT2D eigenvalue weighted by Gasteiger charge is -2.34. The van der Waals surface area contributed by atoms with Gasteiger partial charge in [-0.25, -0.2) is 15.0 Å². The van der Waals surface area contributed by atoms with Gasteiger partial charge in [0.05, 0.1) is 17.4 Å². The maximum absolute atomic E-state index is 15.0. The molecule has 1 spiro atoms. The SMILES string of the molecule is C[C@@H]1CC(CNC(=O)c2cnc(N3CC4(CCCCC4)c4cc(OC5CCCCC5)ncc43)nc2C(C)(F)F)C[C@H](C)C1. The smallest absolute Gasteiger partial charge is 0.287 e. The van der Waals surface area contributed by atoms with Crippen LogP contribution in [0.25, 0.3) is 0 Å². The summed E-state index contributed by atoms with van der Waals surface area (Å²) in [5, 5.41) is 2.92. The van der Waals surface area contributed by atoms with Gasteiger partial charge in [-0.1, -0.05) is 39.5 Å². The molecule has 6 rings (SSSR count). The van der Waals surface area contributed by atoms with Crippen molar-refractivity contribution in [2.24, 2.45) is 17.8 Å². The number of alkyl halides is 2. The van der Waals surface area contributed by atoms with Crippen LogP contribution in [0.5, 0.6) is 5.88 Å². The first kappa shape index (κ1) is 30.2. The fourth-order valence-electron chi connectivity index (χ4n) is 8.41. The van der Waals surface area contributed by atoms with Gasteiger partial charge in [0.25, 0.3) is 11.8 Å². The number of aromatic nitrogens is 3. The highest BCUT2D eigenvalue weighted by molar-refractivity contribution is 5.95. The molecule has 4 aliphatic rings. The zero-order valence-electron chi connectivity index (χ0n) is 26.0. The number of pyridine rings is 1. The average molecular weight is 596 g/mol. The van der Waals surface area contributed by atoms with E-state index in [1.54, 1.807) is 6.20 Å². The topological polar surface area (TPSA) is 80.2 Å². The minimum Gasteiger partial charge on any atom is -0.474 e. The van der Waals surface area contributed by atoms with E-state index < -0.39 is 17.5 Å². The Bertz CT molecular complexity index is 1290. The fraction of sp³-hybridized carbons (Fsp3) is 0.706. The van der Waals surface area contributed by atoms with Gasteiger partial charge in [-0.05, 0) is 81.1 Å². The van der Waals surface area contributed by atoms with Crippen LogP contribution >= 0.6 is 0 Å². The molecule has 3 fully saturated rings.